The van der Waals surface area contributed by atoms with Crippen molar-refractivity contribution in [2.45, 2.75) is 36.7 Å². The number of amides is 1. The van der Waals surface area contributed by atoms with Crippen LogP contribution in [0.5, 0.6) is 0 Å². The molecule has 4 N–H and O–H groups in total. The number of primary sulfonamides is 1. The van der Waals surface area contributed by atoms with Gasteiger partial charge in [0.2, 0.25) is 15.9 Å². The topological polar surface area (TPSA) is 101 Å². The first-order valence-electron chi connectivity index (χ1n) is 6.16. The van der Waals surface area contributed by atoms with E-state index in [4.69, 9.17) is 5.14 Å². The van der Waals surface area contributed by atoms with Crippen molar-refractivity contribution in [2.24, 2.45) is 5.14 Å². The minimum atomic E-state index is -3.94. The maximum Gasteiger partial charge on any atom is 0.242 e. The molecule has 1 atom stereocenters. The Balaban J connectivity index is 2.07. The molecule has 1 saturated carbocycles. The van der Waals surface area contributed by atoms with Crippen LogP contribution in [0.15, 0.2) is 23.1 Å². The third-order valence-corrected chi connectivity index (χ3v) is 3.87. The summed E-state index contributed by atoms with van der Waals surface area (Å²) >= 11 is 0. The molecule has 2 rings (SSSR count). The molecule has 20 heavy (non-hydrogen) atoms. The minimum Gasteiger partial charge on any atom is -0.372 e. The normalized spacial score (nSPS) is 16.6. The standard InChI is InChI=1S/C12H16FN3O3S/c1-7(12(17)16-8-2-3-8)15-11-5-4-9(6-10(11)13)20(14,18)19/h4-8,15H,2-3H2,1H3,(H,16,17)(H2,14,18,19). The van der Waals surface area contributed by atoms with E-state index in [1.807, 2.05) is 0 Å². The molecule has 0 heterocycles. The van der Waals surface area contributed by atoms with E-state index in [1.165, 1.54) is 12.1 Å². The average molecular weight is 301 g/mol. The Bertz CT molecular complexity index is 629. The largest absolute Gasteiger partial charge is 0.372 e. The number of nitrogens with one attached hydrogen (secondary N) is 2. The van der Waals surface area contributed by atoms with E-state index < -0.39 is 21.9 Å². The van der Waals surface area contributed by atoms with Gasteiger partial charge >= 0.3 is 0 Å². The van der Waals surface area contributed by atoms with Crippen LogP contribution in [0.1, 0.15) is 19.8 Å². The van der Waals surface area contributed by atoms with E-state index >= 15 is 0 Å². The molecule has 1 aliphatic rings. The summed E-state index contributed by atoms with van der Waals surface area (Å²) in [5.74, 6) is -0.995. The van der Waals surface area contributed by atoms with Crippen LogP contribution in [0.25, 0.3) is 0 Å². The third kappa shape index (κ3) is 3.67. The van der Waals surface area contributed by atoms with E-state index in [0.717, 1.165) is 18.9 Å². The predicted octanol–water partition coefficient (Wildman–Crippen LogP) is 0.552. The van der Waals surface area contributed by atoms with Crippen molar-refractivity contribution in [3.05, 3.63) is 24.0 Å². The van der Waals surface area contributed by atoms with Crippen LogP contribution in [0.3, 0.4) is 0 Å². The molecule has 0 saturated heterocycles. The Labute approximate surface area is 116 Å². The maximum atomic E-state index is 13.8. The molecule has 0 radical (unpaired) electrons. The lowest BCUT2D eigenvalue weighted by molar-refractivity contribution is -0.121. The second kappa shape index (κ2) is 5.37. The molecule has 8 heteroatoms. The van der Waals surface area contributed by atoms with Crippen LogP contribution >= 0.6 is 0 Å². The molecule has 1 aliphatic carbocycles. The zero-order chi connectivity index (χ0) is 14.9. The lowest BCUT2D eigenvalue weighted by Gasteiger charge is -2.15. The van der Waals surface area contributed by atoms with Crippen molar-refractivity contribution in [1.29, 1.82) is 0 Å². The van der Waals surface area contributed by atoms with E-state index in [2.05, 4.69) is 10.6 Å². The highest BCUT2D eigenvalue weighted by atomic mass is 32.2. The molecule has 1 aromatic rings. The van der Waals surface area contributed by atoms with Gasteiger partial charge in [0.05, 0.1) is 10.6 Å². The Morgan fingerprint density at radius 3 is 2.60 bits per heavy atom. The van der Waals surface area contributed by atoms with Gasteiger partial charge in [0.15, 0.2) is 0 Å². The smallest absolute Gasteiger partial charge is 0.242 e. The van der Waals surface area contributed by atoms with Crippen molar-refractivity contribution < 1.29 is 17.6 Å². The summed E-state index contributed by atoms with van der Waals surface area (Å²) in [7, 11) is -3.94. The fraction of sp³-hybridized carbons (Fsp3) is 0.417. The van der Waals surface area contributed by atoms with Crippen LogP contribution in [0.4, 0.5) is 10.1 Å². The number of rotatable bonds is 5. The number of hydrogen-bond donors (Lipinski definition) is 3. The van der Waals surface area contributed by atoms with Crippen molar-refractivity contribution in [1.82, 2.24) is 5.32 Å². The van der Waals surface area contributed by atoms with E-state index in [1.54, 1.807) is 6.92 Å². The Morgan fingerprint density at radius 2 is 2.10 bits per heavy atom. The number of carbonyl (C=O) groups is 1. The van der Waals surface area contributed by atoms with Crippen LogP contribution in [-0.4, -0.2) is 26.4 Å². The summed E-state index contributed by atoms with van der Waals surface area (Å²) in [4.78, 5) is 11.4. The average Bonchev–Trinajstić information content (AvgIpc) is 3.14. The predicted molar refractivity (Wildman–Crippen MR) is 72.0 cm³/mol. The van der Waals surface area contributed by atoms with Crippen molar-refractivity contribution in [3.63, 3.8) is 0 Å². The van der Waals surface area contributed by atoms with Gasteiger partial charge in [-0.2, -0.15) is 0 Å². The van der Waals surface area contributed by atoms with E-state index in [9.17, 15) is 17.6 Å². The van der Waals surface area contributed by atoms with Gasteiger partial charge in [-0.15, -0.1) is 0 Å². The number of sulfonamides is 1. The molecule has 0 aliphatic heterocycles. The number of benzene rings is 1. The molecule has 1 aromatic carbocycles. The zero-order valence-electron chi connectivity index (χ0n) is 10.9. The summed E-state index contributed by atoms with van der Waals surface area (Å²) in [5.41, 5.74) is 0.0517. The van der Waals surface area contributed by atoms with Crippen molar-refractivity contribution in [2.75, 3.05) is 5.32 Å². The number of nitrogens with two attached hydrogens (primary N) is 1. The molecule has 1 amide bonds. The lowest BCUT2D eigenvalue weighted by Crippen LogP contribution is -2.38. The Morgan fingerprint density at radius 1 is 1.45 bits per heavy atom. The van der Waals surface area contributed by atoms with Crippen molar-refractivity contribution in [3.8, 4) is 0 Å². The summed E-state index contributed by atoms with van der Waals surface area (Å²) in [6.45, 7) is 1.60. The molecular formula is C12H16FN3O3S. The van der Waals surface area contributed by atoms with Gasteiger partial charge in [0.1, 0.15) is 11.9 Å². The molecule has 1 fully saturated rings. The summed E-state index contributed by atoms with van der Waals surface area (Å²) in [5, 5.41) is 10.4. The highest BCUT2D eigenvalue weighted by Gasteiger charge is 2.25. The third-order valence-electron chi connectivity index (χ3n) is 2.96. The van der Waals surface area contributed by atoms with Gasteiger partial charge < -0.3 is 10.6 Å². The number of anilines is 1. The SMILES string of the molecule is CC(Nc1ccc(S(N)(=O)=O)cc1F)C(=O)NC1CC1. The van der Waals surface area contributed by atoms with Gasteiger partial charge in [0.25, 0.3) is 0 Å². The number of carbonyl (C=O) groups excluding carboxylic acids is 1. The van der Waals surface area contributed by atoms with Gasteiger partial charge in [-0.3, -0.25) is 4.79 Å². The quantitative estimate of drug-likeness (QED) is 0.739. The number of halogens is 1. The van der Waals surface area contributed by atoms with E-state index in [0.29, 0.717) is 0 Å². The monoisotopic (exact) mass is 301 g/mol. The molecule has 0 aromatic heterocycles. The van der Waals surface area contributed by atoms with Crippen LogP contribution in [0, 0.1) is 5.82 Å². The van der Waals surface area contributed by atoms with Crippen LogP contribution in [0.2, 0.25) is 0 Å². The van der Waals surface area contributed by atoms with Crippen LogP contribution in [-0.2, 0) is 14.8 Å². The first kappa shape index (κ1) is 14.7. The molecule has 1 unspecified atom stereocenters. The molecule has 0 bridgehead atoms. The zero-order valence-corrected chi connectivity index (χ0v) is 11.7. The molecule has 110 valence electrons. The summed E-state index contributed by atoms with van der Waals surface area (Å²) in [6.07, 6.45) is 1.94. The Hall–Kier alpha value is -1.67. The fourth-order valence-corrected chi connectivity index (χ4v) is 2.17. The lowest BCUT2D eigenvalue weighted by atomic mass is 10.2. The highest BCUT2D eigenvalue weighted by Crippen LogP contribution is 2.21. The summed E-state index contributed by atoms with van der Waals surface area (Å²) in [6, 6.07) is 2.86. The van der Waals surface area contributed by atoms with Crippen LogP contribution < -0.4 is 15.8 Å². The second-order valence-electron chi connectivity index (χ2n) is 4.84. The molecular weight excluding hydrogens is 285 g/mol. The van der Waals surface area contributed by atoms with Gasteiger partial charge in [-0.05, 0) is 38.0 Å². The molecule has 0 spiro atoms. The number of hydrogen-bond acceptors (Lipinski definition) is 4. The molecule has 6 nitrogen and oxygen atoms in total. The minimum absolute atomic E-state index is 0.0517. The maximum absolute atomic E-state index is 13.8. The summed E-state index contributed by atoms with van der Waals surface area (Å²) < 4.78 is 35.9. The van der Waals surface area contributed by atoms with E-state index in [-0.39, 0.29) is 22.5 Å². The highest BCUT2D eigenvalue weighted by molar-refractivity contribution is 7.89. The second-order valence-corrected chi connectivity index (χ2v) is 6.40. The van der Waals surface area contributed by atoms with Crippen molar-refractivity contribution >= 4 is 21.6 Å². The van der Waals surface area contributed by atoms with Gasteiger partial charge in [-0.1, -0.05) is 0 Å². The Kier molecular flexibility index (Phi) is 3.96. The van der Waals surface area contributed by atoms with Gasteiger partial charge in [-0.25, -0.2) is 17.9 Å². The van der Waals surface area contributed by atoms with Gasteiger partial charge in [0, 0.05) is 6.04 Å². The fourth-order valence-electron chi connectivity index (χ4n) is 1.64. The first-order chi connectivity index (χ1) is 9.27. The first-order valence-corrected chi connectivity index (χ1v) is 7.71.